The summed E-state index contributed by atoms with van der Waals surface area (Å²) in [7, 11) is 0. The summed E-state index contributed by atoms with van der Waals surface area (Å²) in [5, 5.41) is 11.6. The monoisotopic (exact) mass is 330 g/mol. The van der Waals surface area contributed by atoms with Crippen molar-refractivity contribution in [3.8, 4) is 0 Å². The summed E-state index contributed by atoms with van der Waals surface area (Å²) in [5.74, 6) is -2.41. The van der Waals surface area contributed by atoms with E-state index in [2.05, 4.69) is 5.32 Å². The average molecular weight is 331 g/mol. The second-order valence-corrected chi connectivity index (χ2v) is 5.52. The lowest BCUT2D eigenvalue weighted by Gasteiger charge is -2.17. The lowest BCUT2D eigenvalue weighted by atomic mass is 10.1. The van der Waals surface area contributed by atoms with Gasteiger partial charge >= 0.3 is 5.97 Å². The molecule has 1 heterocycles. The van der Waals surface area contributed by atoms with Gasteiger partial charge in [-0.15, -0.1) is 0 Å². The Bertz CT molecular complexity index is 586. The first kappa shape index (κ1) is 15.6. The van der Waals surface area contributed by atoms with Crippen LogP contribution in [0, 0.1) is 5.92 Å². The summed E-state index contributed by atoms with van der Waals surface area (Å²) < 4.78 is 0. The van der Waals surface area contributed by atoms with Crippen LogP contribution < -0.4 is 10.2 Å². The van der Waals surface area contributed by atoms with Gasteiger partial charge in [0.2, 0.25) is 11.8 Å². The fraction of sp³-hybridized carbons (Fsp3) is 0.308. The Morgan fingerprint density at radius 3 is 2.48 bits per heavy atom. The molecule has 0 radical (unpaired) electrons. The minimum Gasteiger partial charge on any atom is -0.480 e. The van der Waals surface area contributed by atoms with Crippen LogP contribution in [0.4, 0.5) is 5.69 Å². The highest BCUT2D eigenvalue weighted by molar-refractivity contribution is 6.35. The van der Waals surface area contributed by atoms with Gasteiger partial charge in [-0.2, -0.15) is 0 Å². The zero-order valence-corrected chi connectivity index (χ0v) is 12.3. The molecule has 8 heteroatoms. The molecule has 2 rings (SSSR count). The molecule has 1 aromatic carbocycles. The number of aliphatic carboxylic acids is 1. The Morgan fingerprint density at radius 2 is 1.90 bits per heavy atom. The molecule has 0 saturated carbocycles. The molecule has 21 heavy (non-hydrogen) atoms. The van der Waals surface area contributed by atoms with Crippen molar-refractivity contribution in [3.05, 3.63) is 28.2 Å². The number of carbonyl (C=O) groups excluding carboxylic acids is 2. The quantitative estimate of drug-likeness (QED) is 0.876. The smallest absolute Gasteiger partial charge is 0.322 e. The Balaban J connectivity index is 2.09. The number of anilines is 1. The number of hydrogen-bond donors (Lipinski definition) is 2. The number of hydrogen-bond acceptors (Lipinski definition) is 3. The van der Waals surface area contributed by atoms with Crippen molar-refractivity contribution in [2.45, 2.75) is 6.42 Å². The van der Waals surface area contributed by atoms with E-state index in [1.807, 2.05) is 0 Å². The molecule has 1 aromatic rings. The predicted molar refractivity (Wildman–Crippen MR) is 77.6 cm³/mol. The number of benzene rings is 1. The minimum absolute atomic E-state index is 0.0234. The van der Waals surface area contributed by atoms with Crippen LogP contribution >= 0.6 is 23.2 Å². The van der Waals surface area contributed by atoms with Gasteiger partial charge in [-0.25, -0.2) is 0 Å². The SMILES string of the molecule is O=C(O)CNC(=O)C1CC(=O)N(c2cc(Cl)cc(Cl)c2)C1. The van der Waals surface area contributed by atoms with Gasteiger partial charge in [0, 0.05) is 28.7 Å². The van der Waals surface area contributed by atoms with Gasteiger partial charge in [-0.3, -0.25) is 14.4 Å². The molecule has 0 spiro atoms. The van der Waals surface area contributed by atoms with Crippen LogP contribution in [0.3, 0.4) is 0 Å². The van der Waals surface area contributed by atoms with Crippen molar-refractivity contribution < 1.29 is 19.5 Å². The Morgan fingerprint density at radius 1 is 1.29 bits per heavy atom. The maximum atomic E-state index is 12.0. The molecule has 112 valence electrons. The van der Waals surface area contributed by atoms with Crippen LogP contribution in [0.2, 0.25) is 10.0 Å². The lowest BCUT2D eigenvalue weighted by molar-refractivity contribution is -0.138. The summed E-state index contributed by atoms with van der Waals surface area (Å²) in [6.45, 7) is -0.298. The first-order valence-electron chi connectivity index (χ1n) is 6.13. The summed E-state index contributed by atoms with van der Waals surface area (Å²) in [4.78, 5) is 35.6. The second-order valence-electron chi connectivity index (χ2n) is 4.64. The van der Waals surface area contributed by atoms with E-state index < -0.39 is 24.3 Å². The minimum atomic E-state index is -1.13. The van der Waals surface area contributed by atoms with Crippen LogP contribution in [-0.4, -0.2) is 36.0 Å². The van der Waals surface area contributed by atoms with E-state index >= 15 is 0 Å². The van der Waals surface area contributed by atoms with E-state index in [9.17, 15) is 14.4 Å². The molecule has 0 aromatic heterocycles. The van der Waals surface area contributed by atoms with Crippen molar-refractivity contribution in [1.29, 1.82) is 0 Å². The third-order valence-corrected chi connectivity index (χ3v) is 3.51. The summed E-state index contributed by atoms with van der Waals surface area (Å²) in [5.41, 5.74) is 0.519. The molecule has 0 bridgehead atoms. The highest BCUT2D eigenvalue weighted by Gasteiger charge is 2.35. The molecule has 1 aliphatic rings. The van der Waals surface area contributed by atoms with Crippen molar-refractivity contribution in [2.24, 2.45) is 5.92 Å². The molecular weight excluding hydrogens is 319 g/mol. The number of carboxylic acid groups (broad SMARTS) is 1. The number of carboxylic acids is 1. The highest BCUT2D eigenvalue weighted by Crippen LogP contribution is 2.30. The molecule has 2 N–H and O–H groups in total. The predicted octanol–water partition coefficient (Wildman–Crippen LogP) is 1.55. The first-order valence-corrected chi connectivity index (χ1v) is 6.88. The van der Waals surface area contributed by atoms with Crippen LogP contribution in [0.1, 0.15) is 6.42 Å². The van der Waals surface area contributed by atoms with Crippen LogP contribution in [-0.2, 0) is 14.4 Å². The first-order chi connectivity index (χ1) is 9.86. The summed E-state index contributed by atoms with van der Waals surface area (Å²) >= 11 is 11.8. The van der Waals surface area contributed by atoms with Gasteiger partial charge < -0.3 is 15.3 Å². The number of rotatable bonds is 4. The van der Waals surface area contributed by atoms with E-state index in [0.29, 0.717) is 15.7 Å². The molecule has 1 unspecified atom stereocenters. The molecule has 1 atom stereocenters. The number of nitrogens with zero attached hydrogens (tertiary/aromatic N) is 1. The van der Waals surface area contributed by atoms with Crippen molar-refractivity contribution in [1.82, 2.24) is 5.32 Å². The number of halogens is 2. The van der Waals surface area contributed by atoms with Crippen LogP contribution in [0.25, 0.3) is 0 Å². The van der Waals surface area contributed by atoms with E-state index in [1.54, 1.807) is 18.2 Å². The fourth-order valence-electron chi connectivity index (χ4n) is 2.13. The van der Waals surface area contributed by atoms with Gasteiger partial charge in [0.25, 0.3) is 0 Å². The van der Waals surface area contributed by atoms with Crippen molar-refractivity contribution in [2.75, 3.05) is 18.0 Å². The Labute approximate surface area is 130 Å². The molecule has 2 amide bonds. The zero-order chi connectivity index (χ0) is 15.6. The lowest BCUT2D eigenvalue weighted by Crippen LogP contribution is -2.36. The van der Waals surface area contributed by atoms with Gasteiger partial charge in [0.15, 0.2) is 0 Å². The van der Waals surface area contributed by atoms with Crippen LogP contribution in [0.5, 0.6) is 0 Å². The summed E-state index contributed by atoms with van der Waals surface area (Å²) in [6, 6.07) is 4.72. The van der Waals surface area contributed by atoms with Gasteiger partial charge in [-0.1, -0.05) is 23.2 Å². The van der Waals surface area contributed by atoms with Crippen molar-refractivity contribution in [3.63, 3.8) is 0 Å². The van der Waals surface area contributed by atoms with E-state index in [0.717, 1.165) is 0 Å². The highest BCUT2D eigenvalue weighted by atomic mass is 35.5. The number of amides is 2. The average Bonchev–Trinajstić information content (AvgIpc) is 2.77. The van der Waals surface area contributed by atoms with Gasteiger partial charge in [0.1, 0.15) is 6.54 Å². The van der Waals surface area contributed by atoms with Crippen molar-refractivity contribution >= 4 is 46.7 Å². The van der Waals surface area contributed by atoms with E-state index in [1.165, 1.54) is 4.90 Å². The topological polar surface area (TPSA) is 86.7 Å². The standard InChI is InChI=1S/C13H12Cl2N2O4/c14-8-2-9(15)4-10(3-8)17-6-7(1-11(17)18)13(21)16-5-12(19)20/h2-4,7H,1,5-6H2,(H,16,21)(H,19,20). The van der Waals surface area contributed by atoms with E-state index in [-0.39, 0.29) is 18.9 Å². The number of nitrogens with one attached hydrogen (secondary N) is 1. The Hall–Kier alpha value is -1.79. The van der Waals surface area contributed by atoms with Gasteiger partial charge in [-0.05, 0) is 18.2 Å². The largest absolute Gasteiger partial charge is 0.480 e. The third-order valence-electron chi connectivity index (χ3n) is 3.07. The molecule has 1 fully saturated rings. The molecule has 6 nitrogen and oxygen atoms in total. The number of carbonyl (C=O) groups is 3. The van der Waals surface area contributed by atoms with Crippen LogP contribution in [0.15, 0.2) is 18.2 Å². The second kappa shape index (κ2) is 6.32. The maximum Gasteiger partial charge on any atom is 0.322 e. The molecule has 1 aliphatic heterocycles. The molecule has 1 saturated heterocycles. The molecular formula is C13H12Cl2N2O4. The third kappa shape index (κ3) is 3.86. The van der Waals surface area contributed by atoms with Gasteiger partial charge in [0.05, 0.1) is 5.92 Å². The normalized spacial score (nSPS) is 17.9. The zero-order valence-electron chi connectivity index (χ0n) is 10.8. The van der Waals surface area contributed by atoms with E-state index in [4.69, 9.17) is 28.3 Å². The Kier molecular flexibility index (Phi) is 4.69. The maximum absolute atomic E-state index is 12.0. The fourth-order valence-corrected chi connectivity index (χ4v) is 2.65. The molecule has 0 aliphatic carbocycles. The summed E-state index contributed by atoms with van der Waals surface area (Å²) in [6.07, 6.45) is 0.0234.